The summed E-state index contributed by atoms with van der Waals surface area (Å²) in [5.41, 5.74) is 6.02. The smallest absolute Gasteiger partial charge is 0.288 e. The van der Waals surface area contributed by atoms with Gasteiger partial charge < -0.3 is 10.8 Å². The Hall–Kier alpha value is -1.63. The van der Waals surface area contributed by atoms with Gasteiger partial charge in [-0.2, -0.15) is 0 Å². The molecule has 0 radical (unpaired) electrons. The predicted molar refractivity (Wildman–Crippen MR) is 83.9 cm³/mol. The lowest BCUT2D eigenvalue weighted by atomic mass is 10.1. The summed E-state index contributed by atoms with van der Waals surface area (Å²) >= 11 is 12.1. The Balaban J connectivity index is 1.81. The van der Waals surface area contributed by atoms with Gasteiger partial charge in [-0.25, -0.2) is 9.67 Å². The number of aliphatic hydroxyl groups excluding tert-OH is 1. The molecule has 0 saturated carbocycles. The van der Waals surface area contributed by atoms with E-state index in [9.17, 15) is 9.90 Å². The van der Waals surface area contributed by atoms with Gasteiger partial charge in [0.15, 0.2) is 0 Å². The molecule has 0 aliphatic rings. The number of carbonyl (C=O) groups is 1. The maximum atomic E-state index is 10.9. The molecule has 0 fully saturated rings. The Morgan fingerprint density at radius 2 is 2.18 bits per heavy atom. The van der Waals surface area contributed by atoms with E-state index in [0.29, 0.717) is 16.5 Å². The van der Waals surface area contributed by atoms with E-state index in [2.05, 4.69) is 10.1 Å². The van der Waals surface area contributed by atoms with Gasteiger partial charge in [0.25, 0.3) is 5.91 Å². The number of nitrogens with zero attached hydrogens (tertiary/aromatic N) is 3. The van der Waals surface area contributed by atoms with Crippen LogP contribution in [0.4, 0.5) is 0 Å². The first-order valence-electron chi connectivity index (χ1n) is 6.77. The molecule has 6 nitrogen and oxygen atoms in total. The number of aryl methyl sites for hydroxylation is 1. The molecule has 0 saturated heterocycles. The fourth-order valence-corrected chi connectivity index (χ4v) is 2.49. The Bertz CT molecular complexity index is 660. The molecule has 0 spiro atoms. The van der Waals surface area contributed by atoms with Gasteiger partial charge in [0.2, 0.25) is 5.82 Å². The first kappa shape index (κ1) is 16.7. The maximum absolute atomic E-state index is 10.9. The van der Waals surface area contributed by atoms with Crippen molar-refractivity contribution in [3.05, 3.63) is 46.0 Å². The predicted octanol–water partition coefficient (Wildman–Crippen LogP) is 2.07. The van der Waals surface area contributed by atoms with Crippen LogP contribution in [0.2, 0.25) is 10.0 Å². The lowest BCUT2D eigenvalue weighted by molar-refractivity contribution is 0.0987. The summed E-state index contributed by atoms with van der Waals surface area (Å²) < 4.78 is 1.40. The quantitative estimate of drug-likeness (QED) is 0.805. The third-order valence-corrected chi connectivity index (χ3v) is 4.03. The fraction of sp³-hybridized carbons (Fsp3) is 0.357. The average Bonchev–Trinajstić information content (AvgIpc) is 2.92. The number of aromatic nitrogens is 3. The summed E-state index contributed by atoms with van der Waals surface area (Å²) in [6.45, 7) is 0.254. The summed E-state index contributed by atoms with van der Waals surface area (Å²) in [7, 11) is 0. The number of amides is 1. The van der Waals surface area contributed by atoms with Crippen molar-refractivity contribution in [2.24, 2.45) is 5.73 Å². The number of rotatable bonds is 7. The van der Waals surface area contributed by atoms with Crippen LogP contribution in [-0.2, 0) is 13.0 Å². The van der Waals surface area contributed by atoms with Crippen LogP contribution in [0.15, 0.2) is 24.5 Å². The van der Waals surface area contributed by atoms with Crippen molar-refractivity contribution in [3.8, 4) is 0 Å². The molecule has 2 rings (SSSR count). The number of primary amides is 1. The van der Waals surface area contributed by atoms with Gasteiger partial charge >= 0.3 is 0 Å². The van der Waals surface area contributed by atoms with Gasteiger partial charge in [-0.15, -0.1) is 5.10 Å². The van der Waals surface area contributed by atoms with Crippen molar-refractivity contribution >= 4 is 29.1 Å². The Morgan fingerprint density at radius 1 is 1.41 bits per heavy atom. The van der Waals surface area contributed by atoms with Crippen molar-refractivity contribution in [2.45, 2.75) is 31.9 Å². The highest BCUT2D eigenvalue weighted by Gasteiger charge is 2.11. The summed E-state index contributed by atoms with van der Waals surface area (Å²) in [5, 5.41) is 14.9. The number of halogens is 2. The van der Waals surface area contributed by atoms with E-state index in [1.165, 1.54) is 11.0 Å². The molecule has 3 N–H and O–H groups in total. The molecule has 1 atom stereocenters. The van der Waals surface area contributed by atoms with E-state index in [0.717, 1.165) is 18.4 Å². The number of hydrogen-bond donors (Lipinski definition) is 2. The molecule has 0 bridgehead atoms. The largest absolute Gasteiger partial charge is 0.391 e. The summed E-state index contributed by atoms with van der Waals surface area (Å²) in [6.07, 6.45) is 2.81. The van der Waals surface area contributed by atoms with Crippen LogP contribution in [-0.4, -0.2) is 31.9 Å². The Morgan fingerprint density at radius 3 is 2.86 bits per heavy atom. The van der Waals surface area contributed by atoms with Crippen molar-refractivity contribution in [2.75, 3.05) is 0 Å². The average molecular weight is 343 g/mol. The molecule has 1 aromatic carbocycles. The van der Waals surface area contributed by atoms with Gasteiger partial charge in [-0.05, 0) is 30.9 Å². The SMILES string of the molecule is NC(=O)c1ncn(CC(O)CCCc2cccc(Cl)c2Cl)n1. The molecular weight excluding hydrogens is 327 g/mol. The van der Waals surface area contributed by atoms with Crippen molar-refractivity contribution in [1.29, 1.82) is 0 Å². The van der Waals surface area contributed by atoms with Crippen LogP contribution < -0.4 is 5.73 Å². The minimum absolute atomic E-state index is 0.0575. The van der Waals surface area contributed by atoms with Gasteiger partial charge in [0, 0.05) is 0 Å². The topological polar surface area (TPSA) is 94.0 Å². The van der Waals surface area contributed by atoms with Crippen LogP contribution >= 0.6 is 23.2 Å². The van der Waals surface area contributed by atoms with E-state index in [1.54, 1.807) is 6.07 Å². The van der Waals surface area contributed by atoms with Gasteiger partial charge in [-0.3, -0.25) is 4.79 Å². The van der Waals surface area contributed by atoms with Gasteiger partial charge in [0.05, 0.1) is 22.7 Å². The normalized spacial score (nSPS) is 12.3. The van der Waals surface area contributed by atoms with Crippen LogP contribution in [0, 0.1) is 0 Å². The van der Waals surface area contributed by atoms with Crippen LogP contribution in [0.1, 0.15) is 29.0 Å². The van der Waals surface area contributed by atoms with E-state index < -0.39 is 12.0 Å². The zero-order chi connectivity index (χ0) is 16.1. The second-order valence-electron chi connectivity index (χ2n) is 4.91. The first-order valence-corrected chi connectivity index (χ1v) is 7.53. The minimum atomic E-state index is -0.691. The molecular formula is C14H16Cl2N4O2. The number of nitrogens with two attached hydrogens (primary N) is 1. The summed E-state index contributed by atoms with van der Waals surface area (Å²) in [6, 6.07) is 5.50. The second kappa shape index (κ2) is 7.58. The highest BCUT2D eigenvalue weighted by atomic mass is 35.5. The summed E-state index contributed by atoms with van der Waals surface area (Å²) in [4.78, 5) is 14.6. The van der Waals surface area contributed by atoms with Crippen LogP contribution in [0.25, 0.3) is 0 Å². The number of hydrogen-bond acceptors (Lipinski definition) is 4. The fourth-order valence-electron chi connectivity index (χ4n) is 2.07. The van der Waals surface area contributed by atoms with Crippen molar-refractivity contribution < 1.29 is 9.90 Å². The van der Waals surface area contributed by atoms with E-state index in [-0.39, 0.29) is 12.4 Å². The molecule has 0 aliphatic heterocycles. The molecule has 22 heavy (non-hydrogen) atoms. The zero-order valence-electron chi connectivity index (χ0n) is 11.7. The Labute approximate surface area is 137 Å². The lowest BCUT2D eigenvalue weighted by Gasteiger charge is -2.11. The molecule has 1 amide bonds. The maximum Gasteiger partial charge on any atom is 0.288 e. The van der Waals surface area contributed by atoms with E-state index in [4.69, 9.17) is 28.9 Å². The molecule has 1 aromatic heterocycles. The minimum Gasteiger partial charge on any atom is -0.391 e. The van der Waals surface area contributed by atoms with Crippen LogP contribution in [0.3, 0.4) is 0 Å². The summed E-state index contributed by atoms with van der Waals surface area (Å²) in [5.74, 6) is -0.748. The number of carbonyl (C=O) groups excluding carboxylic acids is 1. The van der Waals surface area contributed by atoms with Crippen LogP contribution in [0.5, 0.6) is 0 Å². The van der Waals surface area contributed by atoms with Crippen molar-refractivity contribution in [1.82, 2.24) is 14.8 Å². The lowest BCUT2D eigenvalue weighted by Crippen LogP contribution is -2.18. The first-order chi connectivity index (χ1) is 10.5. The third-order valence-electron chi connectivity index (χ3n) is 3.17. The molecule has 118 valence electrons. The number of aliphatic hydroxyl groups is 1. The van der Waals surface area contributed by atoms with E-state index in [1.807, 2.05) is 12.1 Å². The Kier molecular flexibility index (Phi) is 5.76. The standard InChI is InChI=1S/C14H16Cl2N4O2/c15-11-6-2-4-9(12(11)16)3-1-5-10(21)7-20-8-18-14(19-20)13(17)22/h2,4,6,8,10,21H,1,3,5,7H2,(H2,17,22). The second-order valence-corrected chi connectivity index (χ2v) is 5.70. The highest BCUT2D eigenvalue weighted by molar-refractivity contribution is 6.42. The van der Waals surface area contributed by atoms with Gasteiger partial charge in [0.1, 0.15) is 6.33 Å². The number of benzene rings is 1. The molecule has 0 aliphatic carbocycles. The molecule has 1 unspecified atom stereocenters. The molecule has 1 heterocycles. The van der Waals surface area contributed by atoms with Crippen molar-refractivity contribution in [3.63, 3.8) is 0 Å². The zero-order valence-corrected chi connectivity index (χ0v) is 13.3. The highest BCUT2D eigenvalue weighted by Crippen LogP contribution is 2.26. The monoisotopic (exact) mass is 342 g/mol. The van der Waals surface area contributed by atoms with Gasteiger partial charge in [-0.1, -0.05) is 35.3 Å². The van der Waals surface area contributed by atoms with E-state index >= 15 is 0 Å². The molecule has 2 aromatic rings. The molecule has 8 heteroatoms. The third kappa shape index (κ3) is 4.43.